The number of hydrogen-bond acceptors (Lipinski definition) is 0. The summed E-state index contributed by atoms with van der Waals surface area (Å²) in [6.45, 7) is 26.6. The highest BCUT2D eigenvalue weighted by Crippen LogP contribution is 2.66. The van der Waals surface area contributed by atoms with E-state index >= 15 is 0 Å². The lowest BCUT2D eigenvalue weighted by atomic mass is 9.42. The zero-order valence-corrected chi connectivity index (χ0v) is 16.7. The van der Waals surface area contributed by atoms with Crippen LogP contribution in [0.5, 0.6) is 0 Å². The molecule has 1 aromatic carbocycles. The van der Waals surface area contributed by atoms with Gasteiger partial charge in [-0.1, -0.05) is 61.5 Å². The van der Waals surface area contributed by atoms with Gasteiger partial charge in [0.1, 0.15) is 0 Å². The summed E-state index contributed by atoms with van der Waals surface area (Å²) in [7, 11) is 0. The second-order valence-corrected chi connectivity index (χ2v) is 9.62. The number of fused-ring (bicyclic) bond motifs is 1. The minimum Gasteiger partial charge on any atom is -0.0622 e. The molecule has 0 aromatic heterocycles. The molecule has 0 N–H and O–H groups in total. The Balaban J connectivity index is 3.00. The van der Waals surface area contributed by atoms with E-state index in [0.717, 1.165) is 0 Å². The van der Waals surface area contributed by atoms with Gasteiger partial charge in [0.05, 0.1) is 0 Å². The van der Waals surface area contributed by atoms with Gasteiger partial charge in [0.2, 0.25) is 0 Å². The van der Waals surface area contributed by atoms with E-state index in [4.69, 9.17) is 0 Å². The molecule has 0 nitrogen and oxygen atoms in total. The van der Waals surface area contributed by atoms with Crippen molar-refractivity contribution in [1.82, 2.24) is 0 Å². The van der Waals surface area contributed by atoms with E-state index < -0.39 is 0 Å². The standard InChI is InChI=1S/C22H36/c1-13(2)18-17-15(4)12-14(3)16(5)19(17)21(8,9)22(10,11)20(18,6)7/h12-13,18H,1-11H3. The Labute approximate surface area is 138 Å². The number of benzene rings is 1. The molecule has 1 atom stereocenters. The molecule has 2 rings (SSSR count). The first-order chi connectivity index (χ1) is 9.78. The highest BCUT2D eigenvalue weighted by Gasteiger charge is 2.58. The summed E-state index contributed by atoms with van der Waals surface area (Å²) in [5, 5.41) is 0. The third-order valence-corrected chi connectivity index (χ3v) is 7.65. The van der Waals surface area contributed by atoms with E-state index in [0.29, 0.717) is 11.8 Å². The van der Waals surface area contributed by atoms with Crippen LogP contribution in [-0.2, 0) is 5.41 Å². The first kappa shape index (κ1) is 17.6. The van der Waals surface area contributed by atoms with E-state index in [2.05, 4.69) is 82.2 Å². The highest BCUT2D eigenvalue weighted by atomic mass is 14.6. The minimum absolute atomic E-state index is 0.179. The SMILES string of the molecule is Cc1cc(C)c2c(c1C)C(C)(C)C(C)(C)C(C)(C)C2C(C)C. The molecule has 1 aliphatic carbocycles. The first-order valence-electron chi connectivity index (χ1n) is 8.89. The molecule has 0 saturated heterocycles. The second kappa shape index (κ2) is 4.86. The average molecular weight is 301 g/mol. The van der Waals surface area contributed by atoms with Crippen LogP contribution in [0.25, 0.3) is 0 Å². The van der Waals surface area contributed by atoms with Crippen molar-refractivity contribution in [1.29, 1.82) is 0 Å². The third-order valence-electron chi connectivity index (χ3n) is 7.65. The summed E-state index contributed by atoms with van der Waals surface area (Å²) >= 11 is 0. The molecule has 0 heterocycles. The van der Waals surface area contributed by atoms with Gasteiger partial charge in [-0.2, -0.15) is 0 Å². The number of rotatable bonds is 1. The topological polar surface area (TPSA) is 0 Å². The predicted molar refractivity (Wildman–Crippen MR) is 98.8 cm³/mol. The maximum atomic E-state index is 2.50. The summed E-state index contributed by atoms with van der Waals surface area (Å²) < 4.78 is 0. The molecule has 0 bridgehead atoms. The van der Waals surface area contributed by atoms with E-state index in [-0.39, 0.29) is 16.2 Å². The Morgan fingerprint density at radius 2 is 1.36 bits per heavy atom. The van der Waals surface area contributed by atoms with Crippen LogP contribution in [0.1, 0.15) is 89.1 Å². The van der Waals surface area contributed by atoms with E-state index in [1.165, 1.54) is 16.7 Å². The summed E-state index contributed by atoms with van der Waals surface area (Å²) in [5.41, 5.74) is 8.42. The molecule has 0 amide bonds. The van der Waals surface area contributed by atoms with Gasteiger partial charge in [-0.25, -0.2) is 0 Å². The summed E-state index contributed by atoms with van der Waals surface area (Å²) in [6, 6.07) is 2.41. The van der Waals surface area contributed by atoms with Gasteiger partial charge < -0.3 is 0 Å². The Kier molecular flexibility index (Phi) is 3.88. The minimum atomic E-state index is 0.179. The summed E-state index contributed by atoms with van der Waals surface area (Å²) in [5.74, 6) is 1.27. The van der Waals surface area contributed by atoms with Gasteiger partial charge in [-0.15, -0.1) is 0 Å². The zero-order valence-electron chi connectivity index (χ0n) is 16.7. The lowest BCUT2D eigenvalue weighted by Gasteiger charge is -2.62. The average Bonchev–Trinajstić information content (AvgIpc) is 2.33. The normalized spacial score (nSPS) is 25.2. The monoisotopic (exact) mass is 300 g/mol. The Morgan fingerprint density at radius 3 is 1.82 bits per heavy atom. The molecule has 1 aromatic rings. The Morgan fingerprint density at radius 1 is 0.864 bits per heavy atom. The molecular weight excluding hydrogens is 264 g/mol. The van der Waals surface area contributed by atoms with Crippen LogP contribution < -0.4 is 0 Å². The lowest BCUT2D eigenvalue weighted by Crippen LogP contribution is -2.55. The van der Waals surface area contributed by atoms with Crippen molar-refractivity contribution in [2.75, 3.05) is 0 Å². The molecule has 0 saturated carbocycles. The molecular formula is C22H36. The van der Waals surface area contributed by atoms with Gasteiger partial charge in [-0.05, 0) is 76.7 Å². The van der Waals surface area contributed by atoms with Gasteiger partial charge in [0, 0.05) is 0 Å². The van der Waals surface area contributed by atoms with Crippen molar-refractivity contribution in [3.05, 3.63) is 33.9 Å². The second-order valence-electron chi connectivity index (χ2n) is 9.62. The molecule has 0 fully saturated rings. The zero-order chi connectivity index (χ0) is 17.2. The highest BCUT2D eigenvalue weighted by molar-refractivity contribution is 5.54. The molecule has 1 unspecified atom stereocenters. The Bertz CT molecular complexity index is 597. The van der Waals surface area contributed by atoms with Crippen molar-refractivity contribution < 1.29 is 0 Å². The fourth-order valence-electron chi connectivity index (χ4n) is 5.35. The van der Waals surface area contributed by atoms with Crippen LogP contribution in [0.15, 0.2) is 6.07 Å². The number of aryl methyl sites for hydroxylation is 2. The fourth-order valence-corrected chi connectivity index (χ4v) is 5.35. The Hall–Kier alpha value is -0.780. The van der Waals surface area contributed by atoms with Crippen LogP contribution >= 0.6 is 0 Å². The van der Waals surface area contributed by atoms with Crippen LogP contribution in [0, 0.1) is 37.5 Å². The van der Waals surface area contributed by atoms with Gasteiger partial charge in [0.15, 0.2) is 0 Å². The van der Waals surface area contributed by atoms with Gasteiger partial charge in [0.25, 0.3) is 0 Å². The molecule has 0 heteroatoms. The molecule has 124 valence electrons. The van der Waals surface area contributed by atoms with Crippen molar-refractivity contribution in [2.45, 2.75) is 87.5 Å². The summed E-state index contributed by atoms with van der Waals surface area (Å²) in [4.78, 5) is 0. The quantitative estimate of drug-likeness (QED) is 0.541. The van der Waals surface area contributed by atoms with Crippen molar-refractivity contribution in [2.24, 2.45) is 16.7 Å². The predicted octanol–water partition coefficient (Wildman–Crippen LogP) is 6.70. The van der Waals surface area contributed by atoms with Gasteiger partial charge >= 0.3 is 0 Å². The molecule has 0 aliphatic heterocycles. The third kappa shape index (κ3) is 1.95. The van der Waals surface area contributed by atoms with E-state index in [9.17, 15) is 0 Å². The van der Waals surface area contributed by atoms with Crippen LogP contribution in [0.3, 0.4) is 0 Å². The molecule has 1 aliphatic rings. The van der Waals surface area contributed by atoms with Crippen LogP contribution in [0.4, 0.5) is 0 Å². The van der Waals surface area contributed by atoms with E-state index in [1.807, 2.05) is 0 Å². The first-order valence-corrected chi connectivity index (χ1v) is 8.89. The van der Waals surface area contributed by atoms with Crippen molar-refractivity contribution >= 4 is 0 Å². The molecule has 0 spiro atoms. The largest absolute Gasteiger partial charge is 0.0622 e. The van der Waals surface area contributed by atoms with Crippen LogP contribution in [-0.4, -0.2) is 0 Å². The van der Waals surface area contributed by atoms with Crippen LogP contribution in [0.2, 0.25) is 0 Å². The maximum absolute atomic E-state index is 2.50. The van der Waals surface area contributed by atoms with E-state index in [1.54, 1.807) is 11.1 Å². The molecule has 22 heavy (non-hydrogen) atoms. The van der Waals surface area contributed by atoms with Crippen molar-refractivity contribution in [3.8, 4) is 0 Å². The molecule has 0 radical (unpaired) electrons. The smallest absolute Gasteiger partial charge is 0.00415 e. The maximum Gasteiger partial charge on any atom is -0.00415 e. The summed E-state index contributed by atoms with van der Waals surface area (Å²) in [6.07, 6.45) is 0. The van der Waals surface area contributed by atoms with Crippen molar-refractivity contribution in [3.63, 3.8) is 0 Å². The van der Waals surface area contributed by atoms with Gasteiger partial charge in [-0.3, -0.25) is 0 Å². The lowest BCUT2D eigenvalue weighted by molar-refractivity contribution is -0.0237. The fraction of sp³-hybridized carbons (Fsp3) is 0.727. The number of hydrogen-bond donors (Lipinski definition) is 0.